The molecule has 0 saturated carbocycles. The highest BCUT2D eigenvalue weighted by Crippen LogP contribution is 2.20. The van der Waals surface area contributed by atoms with E-state index >= 15 is 0 Å². The van der Waals surface area contributed by atoms with Crippen molar-refractivity contribution in [1.82, 2.24) is 20.4 Å². The van der Waals surface area contributed by atoms with E-state index in [1.54, 1.807) is 0 Å². The average Bonchev–Trinajstić information content (AvgIpc) is 3.04. The maximum absolute atomic E-state index is 4.66. The molecule has 5 nitrogen and oxygen atoms in total. The van der Waals surface area contributed by atoms with E-state index < -0.39 is 0 Å². The summed E-state index contributed by atoms with van der Waals surface area (Å²) in [6.07, 6.45) is 1.91. The molecule has 0 aliphatic rings. The molecule has 156 valence electrons. The molecular weight excluding hydrogens is 473 g/mol. The molecule has 0 amide bonds. The van der Waals surface area contributed by atoms with Gasteiger partial charge in [-0.2, -0.15) is 5.10 Å². The Labute approximate surface area is 191 Å². The predicted octanol–water partition coefficient (Wildman–Crippen LogP) is 4.74. The molecule has 3 rings (SSSR count). The van der Waals surface area contributed by atoms with E-state index in [9.17, 15) is 0 Å². The topological polar surface area (TPSA) is 54.2 Å². The molecule has 2 N–H and O–H groups in total. The van der Waals surface area contributed by atoms with Gasteiger partial charge in [0.25, 0.3) is 0 Å². The number of benzene rings is 2. The van der Waals surface area contributed by atoms with Gasteiger partial charge in [-0.25, -0.2) is 0 Å². The maximum Gasteiger partial charge on any atom is 0.191 e. The Morgan fingerprint density at radius 3 is 2.48 bits per heavy atom. The number of aryl methyl sites for hydroxylation is 2. The molecule has 1 unspecified atom stereocenters. The third kappa shape index (κ3) is 5.29. The SMILES string of the molecule is CCc1nn(C)c(CC)c1CNC(=NC)NC(C)c1ccc2ccccc2c1.I. The number of aliphatic imine (C=N–C) groups is 1. The summed E-state index contributed by atoms with van der Waals surface area (Å²) in [5.74, 6) is 0.800. The van der Waals surface area contributed by atoms with Crippen molar-refractivity contribution in [1.29, 1.82) is 0 Å². The maximum atomic E-state index is 4.66. The standard InChI is InChI=1S/C23H31N5.HI/c1-6-21-20(22(7-2)28(5)27-21)15-25-23(24-4)26-16(3)18-13-12-17-10-8-9-11-19(17)14-18;/h8-14,16H,6-7,15H2,1-5H3,(H2,24,25,26);1H. The first-order valence-corrected chi connectivity index (χ1v) is 10.1. The van der Waals surface area contributed by atoms with Gasteiger partial charge < -0.3 is 10.6 Å². The summed E-state index contributed by atoms with van der Waals surface area (Å²) in [7, 11) is 3.84. The van der Waals surface area contributed by atoms with Crippen LogP contribution in [0.2, 0.25) is 0 Å². The fourth-order valence-corrected chi connectivity index (χ4v) is 3.73. The van der Waals surface area contributed by atoms with Crippen LogP contribution in [0.5, 0.6) is 0 Å². The number of aromatic nitrogens is 2. The first kappa shape index (κ1) is 23.2. The number of hydrogen-bond acceptors (Lipinski definition) is 2. The summed E-state index contributed by atoms with van der Waals surface area (Å²) in [6.45, 7) is 7.22. The minimum atomic E-state index is 0. The van der Waals surface area contributed by atoms with Gasteiger partial charge in [0.2, 0.25) is 0 Å². The average molecular weight is 505 g/mol. The Morgan fingerprint density at radius 2 is 1.83 bits per heavy atom. The molecule has 0 bridgehead atoms. The van der Waals surface area contributed by atoms with Crippen LogP contribution in [0.15, 0.2) is 47.5 Å². The lowest BCUT2D eigenvalue weighted by atomic mass is 10.0. The van der Waals surface area contributed by atoms with Gasteiger partial charge >= 0.3 is 0 Å². The van der Waals surface area contributed by atoms with Crippen molar-refractivity contribution < 1.29 is 0 Å². The van der Waals surface area contributed by atoms with E-state index in [4.69, 9.17) is 0 Å². The second kappa shape index (κ2) is 10.6. The number of rotatable bonds is 6. The molecule has 1 aromatic heterocycles. The number of fused-ring (bicyclic) bond motifs is 1. The van der Waals surface area contributed by atoms with Crippen molar-refractivity contribution in [2.24, 2.45) is 12.0 Å². The fraction of sp³-hybridized carbons (Fsp3) is 0.391. The number of nitrogens with one attached hydrogen (secondary N) is 2. The molecule has 0 aliphatic carbocycles. The minimum Gasteiger partial charge on any atom is -0.352 e. The van der Waals surface area contributed by atoms with Crippen LogP contribution in [0.25, 0.3) is 10.8 Å². The summed E-state index contributed by atoms with van der Waals surface area (Å²) in [4.78, 5) is 4.42. The second-order valence-electron chi connectivity index (χ2n) is 7.10. The molecule has 29 heavy (non-hydrogen) atoms. The van der Waals surface area contributed by atoms with Crippen LogP contribution in [0, 0.1) is 0 Å². The largest absolute Gasteiger partial charge is 0.352 e. The van der Waals surface area contributed by atoms with Gasteiger partial charge in [-0.1, -0.05) is 50.2 Å². The van der Waals surface area contributed by atoms with Gasteiger partial charge in [0, 0.05) is 31.9 Å². The number of nitrogens with zero attached hydrogens (tertiary/aromatic N) is 3. The first-order valence-electron chi connectivity index (χ1n) is 10.1. The van der Waals surface area contributed by atoms with Gasteiger partial charge in [-0.05, 0) is 42.2 Å². The summed E-state index contributed by atoms with van der Waals surface area (Å²) in [6, 6.07) is 15.2. The Bertz CT molecular complexity index is 977. The van der Waals surface area contributed by atoms with Crippen LogP contribution in [-0.4, -0.2) is 22.8 Å². The number of guanidine groups is 1. The van der Waals surface area contributed by atoms with Crippen LogP contribution in [0.4, 0.5) is 0 Å². The lowest BCUT2D eigenvalue weighted by molar-refractivity contribution is 0.682. The van der Waals surface area contributed by atoms with Gasteiger partial charge in [-0.15, -0.1) is 24.0 Å². The number of hydrogen-bond donors (Lipinski definition) is 2. The fourth-order valence-electron chi connectivity index (χ4n) is 3.73. The smallest absolute Gasteiger partial charge is 0.191 e. The molecule has 0 spiro atoms. The molecular formula is C23H32IN5. The molecule has 0 fully saturated rings. The summed E-state index contributed by atoms with van der Waals surface area (Å²) in [5.41, 5.74) is 4.97. The van der Waals surface area contributed by atoms with Crippen LogP contribution in [0.1, 0.15) is 49.3 Å². The van der Waals surface area contributed by atoms with E-state index in [1.165, 1.54) is 27.6 Å². The third-order valence-corrected chi connectivity index (χ3v) is 5.31. The highest BCUT2D eigenvalue weighted by molar-refractivity contribution is 14.0. The van der Waals surface area contributed by atoms with E-state index in [2.05, 4.69) is 84.0 Å². The van der Waals surface area contributed by atoms with Crippen LogP contribution in [-0.2, 0) is 26.4 Å². The van der Waals surface area contributed by atoms with Crippen molar-refractivity contribution in [2.75, 3.05) is 7.05 Å². The molecule has 6 heteroatoms. The molecule has 1 atom stereocenters. The zero-order valence-electron chi connectivity index (χ0n) is 18.0. The zero-order valence-corrected chi connectivity index (χ0v) is 20.3. The molecule has 3 aromatic rings. The van der Waals surface area contributed by atoms with Crippen molar-refractivity contribution in [3.8, 4) is 0 Å². The molecule has 2 aromatic carbocycles. The van der Waals surface area contributed by atoms with E-state index in [-0.39, 0.29) is 30.0 Å². The van der Waals surface area contributed by atoms with Crippen LogP contribution >= 0.6 is 24.0 Å². The lowest BCUT2D eigenvalue weighted by Crippen LogP contribution is -2.38. The minimum absolute atomic E-state index is 0. The van der Waals surface area contributed by atoms with Crippen molar-refractivity contribution in [3.63, 3.8) is 0 Å². The monoisotopic (exact) mass is 505 g/mol. The van der Waals surface area contributed by atoms with E-state index in [0.717, 1.165) is 31.0 Å². The van der Waals surface area contributed by atoms with E-state index in [0.29, 0.717) is 0 Å². The first-order chi connectivity index (χ1) is 13.6. The molecule has 1 heterocycles. The summed E-state index contributed by atoms with van der Waals surface area (Å²) in [5, 5.41) is 14.2. The summed E-state index contributed by atoms with van der Waals surface area (Å²) < 4.78 is 2.00. The third-order valence-electron chi connectivity index (χ3n) is 5.31. The Balaban J connectivity index is 0.00000300. The van der Waals surface area contributed by atoms with Crippen molar-refractivity contribution in [3.05, 3.63) is 65.0 Å². The molecule has 0 radical (unpaired) electrons. The van der Waals surface area contributed by atoms with Gasteiger partial charge in [0.15, 0.2) is 5.96 Å². The van der Waals surface area contributed by atoms with Crippen LogP contribution < -0.4 is 10.6 Å². The number of halogens is 1. The summed E-state index contributed by atoms with van der Waals surface area (Å²) >= 11 is 0. The van der Waals surface area contributed by atoms with Crippen molar-refractivity contribution in [2.45, 2.75) is 46.2 Å². The Hall–Kier alpha value is -2.09. The Kier molecular flexibility index (Phi) is 8.49. The van der Waals surface area contributed by atoms with Gasteiger partial charge in [0.1, 0.15) is 0 Å². The van der Waals surface area contributed by atoms with Crippen LogP contribution in [0.3, 0.4) is 0 Å². The highest BCUT2D eigenvalue weighted by atomic mass is 127. The molecule has 0 aliphatic heterocycles. The van der Waals surface area contributed by atoms with E-state index in [1.807, 2.05) is 18.8 Å². The van der Waals surface area contributed by atoms with Gasteiger partial charge in [-0.3, -0.25) is 9.67 Å². The molecule has 0 saturated heterocycles. The normalized spacial score (nSPS) is 12.5. The predicted molar refractivity (Wildman–Crippen MR) is 133 cm³/mol. The zero-order chi connectivity index (χ0) is 20.1. The van der Waals surface area contributed by atoms with Crippen molar-refractivity contribution >= 4 is 40.7 Å². The Morgan fingerprint density at radius 1 is 1.10 bits per heavy atom. The highest BCUT2D eigenvalue weighted by Gasteiger charge is 2.15. The lowest BCUT2D eigenvalue weighted by Gasteiger charge is -2.19. The quantitative estimate of drug-likeness (QED) is 0.289. The second-order valence-corrected chi connectivity index (χ2v) is 7.10. The van der Waals surface area contributed by atoms with Gasteiger partial charge in [0.05, 0.1) is 11.7 Å².